The van der Waals surface area contributed by atoms with E-state index in [4.69, 9.17) is 9.68 Å². The molecule has 0 aromatic heterocycles. The minimum atomic E-state index is -0.279. The van der Waals surface area contributed by atoms with Crippen molar-refractivity contribution in [2.24, 2.45) is 0 Å². The molecule has 0 spiro atoms. The van der Waals surface area contributed by atoms with E-state index in [1.54, 1.807) is 0 Å². The van der Waals surface area contributed by atoms with Crippen LogP contribution in [0.4, 0.5) is 0 Å². The Balaban J connectivity index is 2.21. The zero-order valence-corrected chi connectivity index (χ0v) is 8.81. The molecule has 2 aromatic carbocycles. The summed E-state index contributed by atoms with van der Waals surface area (Å²) in [5, 5.41) is 8.88. The lowest BCUT2D eigenvalue weighted by atomic mass is 10.0. The second kappa shape index (κ2) is 3.69. The molecule has 3 heteroatoms. The van der Waals surface area contributed by atoms with Crippen LogP contribution in [-0.2, 0) is 6.42 Å². The van der Waals surface area contributed by atoms with E-state index >= 15 is 0 Å². The lowest BCUT2D eigenvalue weighted by molar-refractivity contribution is 0.454. The van der Waals surface area contributed by atoms with Crippen LogP contribution in [0.25, 0.3) is 11.1 Å². The van der Waals surface area contributed by atoms with Gasteiger partial charge in [-0.05, 0) is 29.2 Å². The average Bonchev–Trinajstić information content (AvgIpc) is 2.68. The van der Waals surface area contributed by atoms with Gasteiger partial charge in [0.25, 0.3) is 0 Å². The fraction of sp³-hybridized carbons (Fsp3) is 0.0769. The Labute approximate surface area is 94.8 Å². The van der Waals surface area contributed by atoms with Crippen molar-refractivity contribution in [2.75, 3.05) is 0 Å². The van der Waals surface area contributed by atoms with Crippen LogP contribution in [0, 0.1) is 0 Å². The van der Waals surface area contributed by atoms with E-state index in [1.807, 2.05) is 18.2 Å². The van der Waals surface area contributed by atoms with Gasteiger partial charge in [-0.2, -0.15) is 0 Å². The van der Waals surface area contributed by atoms with Crippen molar-refractivity contribution in [3.8, 4) is 16.9 Å². The van der Waals surface area contributed by atoms with Crippen LogP contribution < -0.4 is 4.65 Å². The summed E-state index contributed by atoms with van der Waals surface area (Å²) in [6.45, 7) is 0. The fourth-order valence-corrected chi connectivity index (χ4v) is 2.34. The van der Waals surface area contributed by atoms with Crippen molar-refractivity contribution >= 4 is 7.69 Å². The quantitative estimate of drug-likeness (QED) is 0.654. The molecule has 0 bridgehead atoms. The number of benzene rings is 2. The summed E-state index contributed by atoms with van der Waals surface area (Å²) in [6, 6.07) is 14.3. The molecule has 0 aliphatic heterocycles. The topological polar surface area (TPSA) is 29.5 Å². The Morgan fingerprint density at radius 1 is 1.00 bits per heavy atom. The first-order valence-electron chi connectivity index (χ1n) is 5.34. The SMILES string of the molecule is OBOc1cccc2c1-c1ccccc1C2. The van der Waals surface area contributed by atoms with Crippen LogP contribution in [0.15, 0.2) is 42.5 Å². The molecule has 2 aromatic rings. The van der Waals surface area contributed by atoms with Gasteiger partial charge in [0.15, 0.2) is 0 Å². The lowest BCUT2D eigenvalue weighted by Crippen LogP contribution is -2.01. The Morgan fingerprint density at radius 2 is 1.81 bits per heavy atom. The highest BCUT2D eigenvalue weighted by molar-refractivity contribution is 6.17. The molecule has 0 radical (unpaired) electrons. The zero-order chi connectivity index (χ0) is 11.0. The van der Waals surface area contributed by atoms with Gasteiger partial charge in [0, 0.05) is 5.56 Å². The van der Waals surface area contributed by atoms with Gasteiger partial charge in [-0.25, -0.2) is 0 Å². The highest BCUT2D eigenvalue weighted by Gasteiger charge is 2.21. The van der Waals surface area contributed by atoms with Crippen LogP contribution in [-0.4, -0.2) is 12.7 Å². The molecule has 3 rings (SSSR count). The third-order valence-corrected chi connectivity index (χ3v) is 3.00. The van der Waals surface area contributed by atoms with Gasteiger partial charge in [0.05, 0.1) is 0 Å². The van der Waals surface area contributed by atoms with Gasteiger partial charge in [-0.1, -0.05) is 36.4 Å². The van der Waals surface area contributed by atoms with Crippen LogP contribution in [0.3, 0.4) is 0 Å². The van der Waals surface area contributed by atoms with Gasteiger partial charge in [-0.3, -0.25) is 0 Å². The highest BCUT2D eigenvalue weighted by atomic mass is 16.5. The van der Waals surface area contributed by atoms with E-state index in [-0.39, 0.29) is 7.69 Å². The molecule has 78 valence electrons. The highest BCUT2D eigenvalue weighted by Crippen LogP contribution is 2.42. The molecule has 16 heavy (non-hydrogen) atoms. The Hall–Kier alpha value is -1.74. The molecule has 0 saturated heterocycles. The summed E-state index contributed by atoms with van der Waals surface area (Å²) < 4.78 is 5.26. The normalized spacial score (nSPS) is 11.8. The smallest absolute Gasteiger partial charge is 0.504 e. The molecule has 0 amide bonds. The maximum Gasteiger partial charge on any atom is 0.504 e. The van der Waals surface area contributed by atoms with Crippen molar-refractivity contribution in [1.82, 2.24) is 0 Å². The van der Waals surface area contributed by atoms with Crippen molar-refractivity contribution in [2.45, 2.75) is 6.42 Å². The molecule has 1 aliphatic carbocycles. The van der Waals surface area contributed by atoms with Crippen molar-refractivity contribution in [3.05, 3.63) is 53.6 Å². The molecule has 1 N–H and O–H groups in total. The van der Waals surface area contributed by atoms with E-state index in [1.165, 1.54) is 16.7 Å². The number of hydrogen-bond acceptors (Lipinski definition) is 2. The predicted molar refractivity (Wildman–Crippen MR) is 64.7 cm³/mol. The minimum Gasteiger partial charge on any atom is -0.538 e. The molecule has 2 nitrogen and oxygen atoms in total. The first-order chi connectivity index (χ1) is 7.90. The Kier molecular flexibility index (Phi) is 2.19. The summed E-state index contributed by atoms with van der Waals surface area (Å²) in [5.74, 6) is 0.768. The standard InChI is InChI=1S/C13H11BO2/c15-14-16-12-7-3-5-10-8-9-4-1-2-6-11(9)13(10)12/h1-7,14-15H,8H2. The second-order valence-electron chi connectivity index (χ2n) is 3.90. The van der Waals surface area contributed by atoms with Crippen LogP contribution in [0.2, 0.25) is 0 Å². The Morgan fingerprint density at radius 3 is 2.69 bits per heavy atom. The van der Waals surface area contributed by atoms with E-state index in [0.29, 0.717) is 0 Å². The first-order valence-corrected chi connectivity index (χ1v) is 5.34. The summed E-state index contributed by atoms with van der Waals surface area (Å²) >= 11 is 0. The van der Waals surface area contributed by atoms with Crippen molar-refractivity contribution < 1.29 is 9.68 Å². The second-order valence-corrected chi connectivity index (χ2v) is 3.90. The molecular weight excluding hydrogens is 199 g/mol. The number of rotatable bonds is 2. The summed E-state index contributed by atoms with van der Waals surface area (Å²) in [4.78, 5) is 0. The molecule has 0 heterocycles. The van der Waals surface area contributed by atoms with Gasteiger partial charge in [0.2, 0.25) is 0 Å². The molecular formula is C13H11BO2. The summed E-state index contributed by atoms with van der Waals surface area (Å²) in [5.41, 5.74) is 4.95. The summed E-state index contributed by atoms with van der Waals surface area (Å²) in [7, 11) is -0.279. The minimum absolute atomic E-state index is 0.279. The third kappa shape index (κ3) is 1.33. The zero-order valence-electron chi connectivity index (χ0n) is 8.81. The average molecular weight is 210 g/mol. The first kappa shape index (κ1) is 9.49. The van der Waals surface area contributed by atoms with E-state index < -0.39 is 0 Å². The van der Waals surface area contributed by atoms with E-state index in [0.717, 1.165) is 17.7 Å². The van der Waals surface area contributed by atoms with Gasteiger partial charge in [0.1, 0.15) is 5.75 Å². The van der Waals surface area contributed by atoms with Crippen LogP contribution in [0.5, 0.6) is 5.75 Å². The largest absolute Gasteiger partial charge is 0.538 e. The van der Waals surface area contributed by atoms with E-state index in [9.17, 15) is 0 Å². The molecule has 0 atom stereocenters. The van der Waals surface area contributed by atoms with Crippen molar-refractivity contribution in [1.29, 1.82) is 0 Å². The van der Waals surface area contributed by atoms with Crippen LogP contribution >= 0.6 is 0 Å². The van der Waals surface area contributed by atoms with E-state index in [2.05, 4.69) is 24.3 Å². The maximum absolute atomic E-state index is 8.88. The maximum atomic E-state index is 8.88. The molecule has 1 aliphatic rings. The van der Waals surface area contributed by atoms with Gasteiger partial charge in [-0.15, -0.1) is 0 Å². The van der Waals surface area contributed by atoms with Gasteiger partial charge < -0.3 is 9.68 Å². The predicted octanol–water partition coefficient (Wildman–Crippen LogP) is 1.90. The molecule has 0 unspecified atom stereocenters. The van der Waals surface area contributed by atoms with Crippen LogP contribution in [0.1, 0.15) is 11.1 Å². The Bertz CT molecular complexity index is 537. The lowest BCUT2D eigenvalue weighted by Gasteiger charge is -2.09. The van der Waals surface area contributed by atoms with Gasteiger partial charge >= 0.3 is 7.69 Å². The number of fused-ring (bicyclic) bond motifs is 3. The summed E-state index contributed by atoms with van der Waals surface area (Å²) in [6.07, 6.45) is 0.953. The monoisotopic (exact) mass is 210 g/mol. The molecule has 0 saturated carbocycles. The third-order valence-electron chi connectivity index (χ3n) is 3.00. The number of hydrogen-bond donors (Lipinski definition) is 1. The van der Waals surface area contributed by atoms with Crippen molar-refractivity contribution in [3.63, 3.8) is 0 Å². The fourth-order valence-electron chi connectivity index (χ4n) is 2.34. The molecule has 0 fully saturated rings.